The van der Waals surface area contributed by atoms with Gasteiger partial charge >= 0.3 is 0 Å². The second-order valence-corrected chi connectivity index (χ2v) is 6.95. The van der Waals surface area contributed by atoms with Gasteiger partial charge in [-0.15, -0.1) is 0 Å². The molecule has 1 aliphatic heterocycles. The van der Waals surface area contributed by atoms with Gasteiger partial charge in [-0.1, -0.05) is 12.1 Å². The summed E-state index contributed by atoms with van der Waals surface area (Å²) in [5, 5.41) is 6.70. The molecule has 0 aliphatic carbocycles. The Morgan fingerprint density at radius 1 is 1.19 bits per heavy atom. The van der Waals surface area contributed by atoms with Crippen LogP contribution in [0.2, 0.25) is 0 Å². The molecule has 146 valence electrons. The zero-order valence-electron chi connectivity index (χ0n) is 16.0. The van der Waals surface area contributed by atoms with E-state index in [9.17, 15) is 4.39 Å². The van der Waals surface area contributed by atoms with Gasteiger partial charge in [-0.3, -0.25) is 4.99 Å². The second kappa shape index (κ2) is 9.55. The molecule has 1 aliphatic rings. The predicted octanol–water partition coefficient (Wildman–Crippen LogP) is 2.93. The number of aromatic nitrogens is 1. The van der Waals surface area contributed by atoms with E-state index in [2.05, 4.69) is 22.1 Å². The van der Waals surface area contributed by atoms with Gasteiger partial charge in [0.15, 0.2) is 5.96 Å². The predicted molar refractivity (Wildman–Crippen MR) is 107 cm³/mol. The molecule has 0 bridgehead atoms. The first-order valence-corrected chi connectivity index (χ1v) is 9.69. The molecule has 5 nitrogen and oxygen atoms in total. The summed E-state index contributed by atoms with van der Waals surface area (Å²) in [6, 6.07) is 11.0. The van der Waals surface area contributed by atoms with Crippen LogP contribution in [-0.2, 0) is 16.7 Å². The number of halogens is 1. The Kier molecular flexibility index (Phi) is 6.87. The van der Waals surface area contributed by atoms with Gasteiger partial charge in [0.1, 0.15) is 5.82 Å². The van der Waals surface area contributed by atoms with Crippen molar-refractivity contribution in [1.29, 1.82) is 0 Å². The molecule has 0 amide bonds. The first-order valence-electron chi connectivity index (χ1n) is 9.69. The molecule has 1 aromatic carbocycles. The van der Waals surface area contributed by atoms with Crippen molar-refractivity contribution < 1.29 is 9.13 Å². The Balaban J connectivity index is 1.70. The van der Waals surface area contributed by atoms with Crippen LogP contribution in [0.3, 0.4) is 0 Å². The van der Waals surface area contributed by atoms with Crippen LogP contribution in [0.4, 0.5) is 4.39 Å². The average molecular weight is 372 g/mol. The first kappa shape index (κ1) is 19.4. The summed E-state index contributed by atoms with van der Waals surface area (Å²) < 4.78 is 21.5. The van der Waals surface area contributed by atoms with Crippen LogP contribution >= 0.6 is 0 Å². The lowest BCUT2D eigenvalue weighted by molar-refractivity contribution is 0.0530. The van der Waals surface area contributed by atoms with Crippen molar-refractivity contribution in [3.05, 3.63) is 60.2 Å². The summed E-state index contributed by atoms with van der Waals surface area (Å²) in [5.41, 5.74) is 0.834. The summed E-state index contributed by atoms with van der Waals surface area (Å²) in [6.45, 7) is 6.49. The summed E-state index contributed by atoms with van der Waals surface area (Å²) in [7, 11) is 0. The summed E-state index contributed by atoms with van der Waals surface area (Å²) >= 11 is 0. The molecule has 1 fully saturated rings. The van der Waals surface area contributed by atoms with E-state index in [0.717, 1.165) is 44.0 Å². The van der Waals surface area contributed by atoms with Crippen LogP contribution in [-0.4, -0.2) is 43.4 Å². The Labute approximate surface area is 160 Å². The minimum absolute atomic E-state index is 0.177. The number of benzene rings is 1. The Bertz CT molecular complexity index is 724. The maximum Gasteiger partial charge on any atom is 0.191 e. The van der Waals surface area contributed by atoms with Crippen LogP contribution in [0.1, 0.15) is 25.3 Å². The molecule has 3 rings (SSSR count). The van der Waals surface area contributed by atoms with Crippen molar-refractivity contribution in [1.82, 2.24) is 15.2 Å². The Morgan fingerprint density at radius 3 is 2.67 bits per heavy atom. The molecule has 0 radical (unpaired) electrons. The van der Waals surface area contributed by atoms with E-state index in [-0.39, 0.29) is 11.2 Å². The number of aliphatic imine (C=N–C) groups is 1. The lowest BCUT2D eigenvalue weighted by Gasteiger charge is -2.36. The highest BCUT2D eigenvalue weighted by Gasteiger charge is 2.34. The fourth-order valence-electron chi connectivity index (χ4n) is 3.51. The molecule has 6 heteroatoms. The number of ether oxygens (including phenoxy) is 1. The largest absolute Gasteiger partial charge is 0.381 e. The molecule has 2 N–H and O–H groups in total. The van der Waals surface area contributed by atoms with Gasteiger partial charge in [-0.2, -0.15) is 0 Å². The van der Waals surface area contributed by atoms with Gasteiger partial charge in [0.2, 0.25) is 0 Å². The quantitative estimate of drug-likeness (QED) is 0.580. The third-order valence-electron chi connectivity index (χ3n) is 5.10. The SMILES string of the molecule is CCNC(=NCC1(c2cccc(F)c2)CCOCC1)NCCn1cccc1. The van der Waals surface area contributed by atoms with Gasteiger partial charge in [-0.25, -0.2) is 4.39 Å². The van der Waals surface area contributed by atoms with Crippen molar-refractivity contribution in [2.45, 2.75) is 31.7 Å². The van der Waals surface area contributed by atoms with Gasteiger partial charge in [0.05, 0.1) is 6.54 Å². The highest BCUT2D eigenvalue weighted by Crippen LogP contribution is 2.35. The molecular weight excluding hydrogens is 343 g/mol. The van der Waals surface area contributed by atoms with E-state index in [0.29, 0.717) is 19.8 Å². The highest BCUT2D eigenvalue weighted by atomic mass is 19.1. The normalized spacial score (nSPS) is 16.9. The molecule has 0 unspecified atom stereocenters. The van der Waals surface area contributed by atoms with Crippen LogP contribution in [0.5, 0.6) is 0 Å². The second-order valence-electron chi connectivity index (χ2n) is 6.95. The van der Waals surface area contributed by atoms with Crippen molar-refractivity contribution >= 4 is 5.96 Å². The molecular formula is C21H29FN4O. The number of rotatable bonds is 7. The van der Waals surface area contributed by atoms with E-state index >= 15 is 0 Å². The van der Waals surface area contributed by atoms with Crippen molar-refractivity contribution in [2.75, 3.05) is 32.8 Å². The van der Waals surface area contributed by atoms with Crippen LogP contribution in [0.15, 0.2) is 53.8 Å². The lowest BCUT2D eigenvalue weighted by Crippen LogP contribution is -2.42. The standard InChI is InChI=1S/C21H29FN4O/c1-2-23-20(24-10-13-26-11-3-4-12-26)25-17-21(8-14-27-15-9-21)18-6-5-7-19(22)16-18/h3-7,11-12,16H,2,8-10,13-15,17H2,1H3,(H2,23,24,25). The fourth-order valence-corrected chi connectivity index (χ4v) is 3.51. The zero-order valence-corrected chi connectivity index (χ0v) is 16.0. The summed E-state index contributed by atoms with van der Waals surface area (Å²) in [5.74, 6) is 0.603. The molecule has 0 atom stereocenters. The van der Waals surface area contributed by atoms with Crippen molar-refractivity contribution in [3.8, 4) is 0 Å². The molecule has 27 heavy (non-hydrogen) atoms. The van der Waals surface area contributed by atoms with Crippen LogP contribution < -0.4 is 10.6 Å². The number of nitrogens with zero attached hydrogens (tertiary/aromatic N) is 2. The maximum absolute atomic E-state index is 13.8. The third kappa shape index (κ3) is 5.32. The van der Waals surface area contributed by atoms with Gasteiger partial charge in [-0.05, 0) is 49.6 Å². The Morgan fingerprint density at radius 2 is 1.96 bits per heavy atom. The summed E-state index contributed by atoms with van der Waals surface area (Å²) in [6.07, 6.45) is 5.80. The third-order valence-corrected chi connectivity index (χ3v) is 5.10. The molecule has 2 aromatic rings. The van der Waals surface area contributed by atoms with E-state index in [4.69, 9.17) is 9.73 Å². The van der Waals surface area contributed by atoms with Gasteiger partial charge in [0.25, 0.3) is 0 Å². The monoisotopic (exact) mass is 372 g/mol. The number of hydrogen-bond donors (Lipinski definition) is 2. The lowest BCUT2D eigenvalue weighted by atomic mass is 9.74. The van der Waals surface area contributed by atoms with Gasteiger partial charge in [0, 0.05) is 50.7 Å². The minimum atomic E-state index is -0.195. The molecule has 1 saturated heterocycles. The van der Waals surface area contributed by atoms with Crippen LogP contribution in [0.25, 0.3) is 0 Å². The van der Waals surface area contributed by atoms with E-state index < -0.39 is 0 Å². The average Bonchev–Trinajstić information content (AvgIpc) is 3.20. The molecule has 0 saturated carbocycles. The first-order chi connectivity index (χ1) is 13.2. The van der Waals surface area contributed by atoms with E-state index in [1.807, 2.05) is 30.6 Å². The molecule has 2 heterocycles. The maximum atomic E-state index is 13.8. The highest BCUT2D eigenvalue weighted by molar-refractivity contribution is 5.79. The fraction of sp³-hybridized carbons (Fsp3) is 0.476. The van der Waals surface area contributed by atoms with Gasteiger partial charge < -0.3 is 19.9 Å². The number of guanidine groups is 1. The van der Waals surface area contributed by atoms with E-state index in [1.54, 1.807) is 12.1 Å². The van der Waals surface area contributed by atoms with Crippen LogP contribution in [0, 0.1) is 5.82 Å². The van der Waals surface area contributed by atoms with Crippen molar-refractivity contribution in [2.24, 2.45) is 4.99 Å². The summed E-state index contributed by atoms with van der Waals surface area (Å²) in [4.78, 5) is 4.84. The number of nitrogens with one attached hydrogen (secondary N) is 2. The van der Waals surface area contributed by atoms with E-state index in [1.165, 1.54) is 6.07 Å². The Hall–Kier alpha value is -2.34. The molecule has 1 aromatic heterocycles. The smallest absolute Gasteiger partial charge is 0.191 e. The minimum Gasteiger partial charge on any atom is -0.381 e. The molecule has 0 spiro atoms. The number of hydrogen-bond acceptors (Lipinski definition) is 2. The zero-order chi connectivity index (χ0) is 19.0. The van der Waals surface area contributed by atoms with Crippen molar-refractivity contribution in [3.63, 3.8) is 0 Å². The topological polar surface area (TPSA) is 50.6 Å².